The van der Waals surface area contributed by atoms with Gasteiger partial charge in [0, 0.05) is 12.6 Å². The number of nitrogens with one attached hydrogen (secondary N) is 1. The zero-order valence-electron chi connectivity index (χ0n) is 8.97. The summed E-state index contributed by atoms with van der Waals surface area (Å²) in [4.78, 5) is 11.5. The Bertz CT molecular complexity index is 382. The number of halogens is 2. The van der Waals surface area contributed by atoms with E-state index in [1.165, 1.54) is 0 Å². The number of rotatable bonds is 4. The first-order valence-electron chi connectivity index (χ1n) is 4.96. The van der Waals surface area contributed by atoms with Gasteiger partial charge in [-0.3, -0.25) is 4.79 Å². The summed E-state index contributed by atoms with van der Waals surface area (Å²) < 4.78 is 0. The van der Waals surface area contributed by atoms with Gasteiger partial charge in [-0.25, -0.2) is 0 Å². The van der Waals surface area contributed by atoms with Crippen LogP contribution in [0.5, 0.6) is 0 Å². The molecular formula is C11H14Cl2N2O. The van der Waals surface area contributed by atoms with E-state index in [4.69, 9.17) is 28.9 Å². The molecule has 16 heavy (non-hydrogen) atoms. The first-order valence-corrected chi connectivity index (χ1v) is 5.72. The number of hydrogen-bond acceptors (Lipinski definition) is 2. The number of benzene rings is 1. The van der Waals surface area contributed by atoms with Crippen LogP contribution >= 0.6 is 23.2 Å². The van der Waals surface area contributed by atoms with Crippen LogP contribution in [0.4, 0.5) is 0 Å². The van der Waals surface area contributed by atoms with Gasteiger partial charge in [-0.1, -0.05) is 29.3 Å². The summed E-state index contributed by atoms with van der Waals surface area (Å²) in [6, 6.07) is 5.13. The minimum atomic E-state index is -0.0728. The highest BCUT2D eigenvalue weighted by Gasteiger charge is 2.07. The van der Waals surface area contributed by atoms with Crippen molar-refractivity contribution in [2.75, 3.05) is 6.54 Å². The van der Waals surface area contributed by atoms with Gasteiger partial charge in [0.05, 0.1) is 16.5 Å². The predicted octanol–water partition coefficient (Wildman–Crippen LogP) is 2.00. The molecule has 0 radical (unpaired) electrons. The molecule has 5 heteroatoms. The lowest BCUT2D eigenvalue weighted by Gasteiger charge is -2.11. The number of carbonyl (C=O) groups is 1. The minimum absolute atomic E-state index is 0.0183. The van der Waals surface area contributed by atoms with Gasteiger partial charge in [0.1, 0.15) is 0 Å². The molecule has 1 aromatic rings. The Kier molecular flexibility index (Phi) is 5.06. The molecule has 0 saturated carbocycles. The molecule has 88 valence electrons. The van der Waals surface area contributed by atoms with Gasteiger partial charge in [-0.15, -0.1) is 0 Å². The van der Waals surface area contributed by atoms with Crippen LogP contribution in [0, 0.1) is 0 Å². The second kappa shape index (κ2) is 6.09. The van der Waals surface area contributed by atoms with Gasteiger partial charge in [-0.2, -0.15) is 0 Å². The van der Waals surface area contributed by atoms with Crippen molar-refractivity contribution < 1.29 is 4.79 Å². The van der Waals surface area contributed by atoms with E-state index in [1.54, 1.807) is 18.2 Å². The van der Waals surface area contributed by atoms with Crippen LogP contribution in [-0.4, -0.2) is 18.5 Å². The third-order valence-corrected chi connectivity index (χ3v) is 2.85. The highest BCUT2D eigenvalue weighted by atomic mass is 35.5. The summed E-state index contributed by atoms with van der Waals surface area (Å²) >= 11 is 11.6. The van der Waals surface area contributed by atoms with Crippen LogP contribution < -0.4 is 11.1 Å². The van der Waals surface area contributed by atoms with Gasteiger partial charge in [0.25, 0.3) is 0 Å². The molecule has 3 nitrogen and oxygen atoms in total. The summed E-state index contributed by atoms with van der Waals surface area (Å²) in [6.45, 7) is 2.28. The van der Waals surface area contributed by atoms with Crippen LogP contribution in [0.3, 0.4) is 0 Å². The maximum absolute atomic E-state index is 11.5. The van der Waals surface area contributed by atoms with E-state index in [-0.39, 0.29) is 18.4 Å². The average molecular weight is 261 g/mol. The highest BCUT2D eigenvalue weighted by molar-refractivity contribution is 6.42. The van der Waals surface area contributed by atoms with Crippen molar-refractivity contribution >= 4 is 29.1 Å². The number of hydrogen-bond donors (Lipinski definition) is 2. The zero-order valence-corrected chi connectivity index (χ0v) is 10.5. The number of carbonyl (C=O) groups excluding carboxylic acids is 1. The molecule has 0 unspecified atom stereocenters. The molecular weight excluding hydrogens is 247 g/mol. The van der Waals surface area contributed by atoms with E-state index in [9.17, 15) is 4.79 Å². The maximum atomic E-state index is 11.5. The van der Waals surface area contributed by atoms with Gasteiger partial charge >= 0.3 is 0 Å². The summed E-state index contributed by atoms with van der Waals surface area (Å²) in [7, 11) is 0. The average Bonchev–Trinajstić information content (AvgIpc) is 2.23. The Balaban J connectivity index is 2.59. The van der Waals surface area contributed by atoms with Crippen molar-refractivity contribution in [2.45, 2.75) is 19.4 Å². The van der Waals surface area contributed by atoms with Gasteiger partial charge in [0.15, 0.2) is 0 Å². The summed E-state index contributed by atoms with van der Waals surface area (Å²) in [5.74, 6) is -0.0728. The predicted molar refractivity (Wildman–Crippen MR) is 66.8 cm³/mol. The third kappa shape index (κ3) is 4.00. The van der Waals surface area contributed by atoms with E-state index < -0.39 is 0 Å². The van der Waals surface area contributed by atoms with Crippen LogP contribution in [0.15, 0.2) is 18.2 Å². The normalized spacial score (nSPS) is 12.2. The molecule has 0 spiro atoms. The van der Waals surface area contributed by atoms with E-state index >= 15 is 0 Å². The fourth-order valence-corrected chi connectivity index (χ4v) is 1.54. The molecule has 0 fully saturated rings. The minimum Gasteiger partial charge on any atom is -0.352 e. The Morgan fingerprint density at radius 2 is 2.12 bits per heavy atom. The topological polar surface area (TPSA) is 55.1 Å². The molecule has 0 aromatic heterocycles. The van der Waals surface area contributed by atoms with E-state index in [2.05, 4.69) is 5.32 Å². The van der Waals surface area contributed by atoms with Crippen LogP contribution in [0.25, 0.3) is 0 Å². The van der Waals surface area contributed by atoms with E-state index in [0.29, 0.717) is 16.6 Å². The smallest absolute Gasteiger partial charge is 0.224 e. The fraction of sp³-hybridized carbons (Fsp3) is 0.364. The Labute approximate surface area is 105 Å². The quantitative estimate of drug-likeness (QED) is 0.870. The second-order valence-corrected chi connectivity index (χ2v) is 4.44. The molecule has 1 rings (SSSR count). The first kappa shape index (κ1) is 13.3. The largest absolute Gasteiger partial charge is 0.352 e. The van der Waals surface area contributed by atoms with E-state index in [1.807, 2.05) is 6.92 Å². The lowest BCUT2D eigenvalue weighted by Crippen LogP contribution is -2.38. The van der Waals surface area contributed by atoms with Crippen molar-refractivity contribution in [3.05, 3.63) is 33.8 Å². The molecule has 1 amide bonds. The molecule has 0 bridgehead atoms. The SMILES string of the molecule is C[C@@H](CN)NC(=O)Cc1ccc(Cl)c(Cl)c1. The zero-order chi connectivity index (χ0) is 12.1. The summed E-state index contributed by atoms with van der Waals surface area (Å²) in [5.41, 5.74) is 6.23. The van der Waals surface area contributed by atoms with Crippen molar-refractivity contribution in [2.24, 2.45) is 5.73 Å². The lowest BCUT2D eigenvalue weighted by molar-refractivity contribution is -0.120. The molecule has 0 saturated heterocycles. The summed E-state index contributed by atoms with van der Waals surface area (Å²) in [5, 5.41) is 3.72. The monoisotopic (exact) mass is 260 g/mol. The highest BCUT2D eigenvalue weighted by Crippen LogP contribution is 2.22. The molecule has 0 aliphatic carbocycles. The molecule has 1 aromatic carbocycles. The van der Waals surface area contributed by atoms with Crippen molar-refractivity contribution in [1.29, 1.82) is 0 Å². The molecule has 0 aliphatic heterocycles. The van der Waals surface area contributed by atoms with Gasteiger partial charge < -0.3 is 11.1 Å². The lowest BCUT2D eigenvalue weighted by atomic mass is 10.1. The number of amides is 1. The Morgan fingerprint density at radius 3 is 2.69 bits per heavy atom. The van der Waals surface area contributed by atoms with Crippen molar-refractivity contribution in [3.8, 4) is 0 Å². The molecule has 3 N–H and O–H groups in total. The molecule has 0 aliphatic rings. The molecule has 1 atom stereocenters. The third-order valence-electron chi connectivity index (χ3n) is 2.11. The fourth-order valence-electron chi connectivity index (χ4n) is 1.22. The maximum Gasteiger partial charge on any atom is 0.224 e. The number of nitrogens with two attached hydrogens (primary N) is 1. The Hall–Kier alpha value is -0.770. The van der Waals surface area contributed by atoms with Gasteiger partial charge in [0.2, 0.25) is 5.91 Å². The van der Waals surface area contributed by atoms with Crippen LogP contribution in [-0.2, 0) is 11.2 Å². The van der Waals surface area contributed by atoms with E-state index in [0.717, 1.165) is 5.56 Å². The molecule has 0 heterocycles. The van der Waals surface area contributed by atoms with Crippen LogP contribution in [0.1, 0.15) is 12.5 Å². The van der Waals surface area contributed by atoms with Gasteiger partial charge in [-0.05, 0) is 24.6 Å². The standard InChI is InChI=1S/C11H14Cl2N2O/c1-7(6-14)15-11(16)5-8-2-3-9(12)10(13)4-8/h2-4,7H,5-6,14H2,1H3,(H,15,16)/t7-/m0/s1. The summed E-state index contributed by atoms with van der Waals surface area (Å²) in [6.07, 6.45) is 0.279. The van der Waals surface area contributed by atoms with Crippen molar-refractivity contribution in [3.63, 3.8) is 0 Å². The first-order chi connectivity index (χ1) is 7.52. The second-order valence-electron chi connectivity index (χ2n) is 3.63. The van der Waals surface area contributed by atoms with Crippen molar-refractivity contribution in [1.82, 2.24) is 5.32 Å². The van der Waals surface area contributed by atoms with Crippen LogP contribution in [0.2, 0.25) is 10.0 Å². The Morgan fingerprint density at radius 1 is 1.44 bits per heavy atom.